The second kappa shape index (κ2) is 10.6. The number of methoxy groups -OCH3 is 1. The van der Waals surface area contributed by atoms with Crippen molar-refractivity contribution in [3.05, 3.63) is 131 Å². The average Bonchev–Trinajstić information content (AvgIpc) is 2.85. The van der Waals surface area contributed by atoms with Crippen molar-refractivity contribution in [2.24, 2.45) is 0 Å². The fraction of sp³-hybridized carbons (Fsp3) is 0.0370. The third-order valence-electron chi connectivity index (χ3n) is 4.56. The number of phenols is 1. The number of hydrogen-bond donors (Lipinski definition) is 1. The number of aromatic hydroxyl groups is 1. The van der Waals surface area contributed by atoms with E-state index in [1.54, 1.807) is 36.4 Å². The molecule has 0 aliphatic carbocycles. The van der Waals surface area contributed by atoms with E-state index < -0.39 is 0 Å². The number of ether oxygens (including phenoxy) is 1. The fourth-order valence-corrected chi connectivity index (χ4v) is 2.92. The van der Waals surface area contributed by atoms with Crippen molar-refractivity contribution in [1.29, 1.82) is 0 Å². The van der Waals surface area contributed by atoms with Gasteiger partial charge < -0.3 is 9.84 Å². The highest BCUT2D eigenvalue weighted by atomic mass is 16.5. The Morgan fingerprint density at radius 2 is 1.03 bits per heavy atom. The first-order valence-corrected chi connectivity index (χ1v) is 9.71. The Hall–Kier alpha value is -4.18. The molecule has 4 heteroatoms. The quantitative estimate of drug-likeness (QED) is 0.438. The summed E-state index contributed by atoms with van der Waals surface area (Å²) < 4.78 is 4.96. The van der Waals surface area contributed by atoms with Gasteiger partial charge in [-0.1, -0.05) is 91.0 Å². The largest absolute Gasteiger partial charge is 0.507 e. The summed E-state index contributed by atoms with van der Waals surface area (Å²) in [6.07, 6.45) is 0. The van der Waals surface area contributed by atoms with Gasteiger partial charge in [-0.25, -0.2) is 0 Å². The molecule has 4 rings (SSSR count). The van der Waals surface area contributed by atoms with E-state index in [1.807, 2.05) is 66.7 Å². The van der Waals surface area contributed by atoms with Gasteiger partial charge in [0.25, 0.3) is 0 Å². The smallest absolute Gasteiger partial charge is 0.196 e. The Morgan fingerprint density at radius 1 is 0.613 bits per heavy atom. The van der Waals surface area contributed by atoms with Crippen molar-refractivity contribution < 1.29 is 19.4 Å². The molecule has 0 unspecified atom stereocenters. The molecule has 0 atom stereocenters. The molecule has 31 heavy (non-hydrogen) atoms. The van der Waals surface area contributed by atoms with Crippen LogP contribution in [0.2, 0.25) is 0 Å². The van der Waals surface area contributed by atoms with E-state index in [9.17, 15) is 14.7 Å². The summed E-state index contributed by atoms with van der Waals surface area (Å²) >= 11 is 0. The molecule has 1 N–H and O–H groups in total. The number of ketones is 2. The molecular formula is C27H22O4. The second-order valence-corrected chi connectivity index (χ2v) is 6.64. The third kappa shape index (κ3) is 5.67. The minimum atomic E-state index is -0.203. The van der Waals surface area contributed by atoms with E-state index in [2.05, 4.69) is 0 Å². The van der Waals surface area contributed by atoms with Gasteiger partial charge in [-0.15, -0.1) is 0 Å². The molecule has 0 radical (unpaired) electrons. The predicted octanol–water partition coefficient (Wildman–Crippen LogP) is 5.55. The van der Waals surface area contributed by atoms with Gasteiger partial charge in [-0.3, -0.25) is 9.59 Å². The average molecular weight is 410 g/mol. The number of hydrogen-bond acceptors (Lipinski definition) is 4. The normalized spacial score (nSPS) is 9.84. The van der Waals surface area contributed by atoms with Crippen molar-refractivity contribution in [2.75, 3.05) is 7.11 Å². The van der Waals surface area contributed by atoms with Gasteiger partial charge in [-0.2, -0.15) is 0 Å². The Morgan fingerprint density at radius 3 is 1.42 bits per heavy atom. The van der Waals surface area contributed by atoms with Gasteiger partial charge in [0.15, 0.2) is 11.6 Å². The molecule has 0 amide bonds. The van der Waals surface area contributed by atoms with Crippen LogP contribution in [-0.2, 0) is 0 Å². The summed E-state index contributed by atoms with van der Waals surface area (Å²) in [7, 11) is 1.51. The number of benzene rings is 4. The summed E-state index contributed by atoms with van der Waals surface area (Å²) in [5, 5.41) is 9.75. The first-order chi connectivity index (χ1) is 15.1. The molecule has 0 saturated heterocycles. The minimum absolute atomic E-state index is 0.0711. The highest BCUT2D eigenvalue weighted by Gasteiger charge is 2.13. The maximum Gasteiger partial charge on any atom is 0.196 e. The lowest BCUT2D eigenvalue weighted by atomic mass is 10.0. The van der Waals surface area contributed by atoms with Gasteiger partial charge in [0.2, 0.25) is 0 Å². The molecule has 0 aliphatic heterocycles. The zero-order valence-electron chi connectivity index (χ0n) is 17.1. The van der Waals surface area contributed by atoms with Gasteiger partial charge >= 0.3 is 0 Å². The highest BCUT2D eigenvalue weighted by molar-refractivity contribution is 6.10. The van der Waals surface area contributed by atoms with Crippen LogP contribution in [0.5, 0.6) is 11.5 Å². The Balaban J connectivity index is 0.000000179. The Kier molecular flexibility index (Phi) is 7.33. The van der Waals surface area contributed by atoms with Crippen LogP contribution in [0.25, 0.3) is 0 Å². The summed E-state index contributed by atoms with van der Waals surface area (Å²) in [6.45, 7) is 0. The van der Waals surface area contributed by atoms with Crippen LogP contribution in [0.1, 0.15) is 31.8 Å². The van der Waals surface area contributed by atoms with Crippen molar-refractivity contribution in [3.8, 4) is 11.5 Å². The summed E-state index contributed by atoms with van der Waals surface area (Å²) in [5.41, 5.74) is 2.29. The summed E-state index contributed by atoms with van der Waals surface area (Å²) in [4.78, 5) is 23.9. The number of carbonyl (C=O) groups is 2. The molecule has 0 aromatic heterocycles. The van der Waals surface area contributed by atoms with E-state index in [0.29, 0.717) is 11.3 Å². The topological polar surface area (TPSA) is 63.6 Å². The minimum Gasteiger partial charge on any atom is -0.507 e. The first-order valence-electron chi connectivity index (χ1n) is 9.71. The van der Waals surface area contributed by atoms with Crippen LogP contribution in [0.3, 0.4) is 0 Å². The highest BCUT2D eigenvalue weighted by Crippen LogP contribution is 2.25. The van der Waals surface area contributed by atoms with E-state index in [4.69, 9.17) is 4.74 Å². The monoisotopic (exact) mass is 410 g/mol. The molecule has 4 aromatic carbocycles. The molecule has 4 nitrogen and oxygen atoms in total. The maximum absolute atomic E-state index is 12.1. The molecule has 154 valence electrons. The van der Waals surface area contributed by atoms with Crippen LogP contribution in [0.4, 0.5) is 0 Å². The number of carbonyl (C=O) groups excluding carboxylic acids is 2. The maximum atomic E-state index is 12.1. The second-order valence-electron chi connectivity index (χ2n) is 6.64. The van der Waals surface area contributed by atoms with Crippen LogP contribution >= 0.6 is 0 Å². The Bertz CT molecular complexity index is 1100. The van der Waals surface area contributed by atoms with E-state index in [1.165, 1.54) is 13.2 Å². The Labute approximate surface area is 181 Å². The van der Waals surface area contributed by atoms with Crippen LogP contribution in [0, 0.1) is 0 Å². The van der Waals surface area contributed by atoms with Gasteiger partial charge in [0.1, 0.15) is 11.5 Å². The van der Waals surface area contributed by atoms with E-state index in [-0.39, 0.29) is 22.9 Å². The summed E-state index contributed by atoms with van der Waals surface area (Å²) in [5.74, 6) is 0.322. The molecule has 0 heterocycles. The van der Waals surface area contributed by atoms with Crippen molar-refractivity contribution >= 4 is 11.6 Å². The predicted molar refractivity (Wildman–Crippen MR) is 121 cm³/mol. The van der Waals surface area contributed by atoms with Crippen LogP contribution in [0.15, 0.2) is 109 Å². The molecule has 4 aromatic rings. The molecular weight excluding hydrogens is 388 g/mol. The lowest BCUT2D eigenvalue weighted by Crippen LogP contribution is -2.01. The van der Waals surface area contributed by atoms with Crippen molar-refractivity contribution in [1.82, 2.24) is 0 Å². The zero-order valence-corrected chi connectivity index (χ0v) is 17.1. The van der Waals surface area contributed by atoms with Crippen LogP contribution < -0.4 is 4.74 Å². The molecule has 0 aliphatic rings. The van der Waals surface area contributed by atoms with Gasteiger partial charge in [0, 0.05) is 22.8 Å². The third-order valence-corrected chi connectivity index (χ3v) is 4.56. The van der Waals surface area contributed by atoms with Crippen molar-refractivity contribution in [3.63, 3.8) is 0 Å². The summed E-state index contributed by atoms with van der Waals surface area (Å²) in [6, 6.07) is 32.1. The van der Waals surface area contributed by atoms with Gasteiger partial charge in [-0.05, 0) is 12.1 Å². The van der Waals surface area contributed by atoms with Crippen molar-refractivity contribution in [2.45, 2.75) is 0 Å². The van der Waals surface area contributed by atoms with E-state index >= 15 is 0 Å². The lowest BCUT2D eigenvalue weighted by molar-refractivity contribution is 0.102. The van der Waals surface area contributed by atoms with Crippen LogP contribution in [-0.4, -0.2) is 23.8 Å². The van der Waals surface area contributed by atoms with Gasteiger partial charge in [0.05, 0.1) is 12.7 Å². The molecule has 0 fully saturated rings. The fourth-order valence-electron chi connectivity index (χ4n) is 2.92. The standard InChI is InChI=1S/C14H12O3.C13H10O/c1-17-11-7-8-12(13(15)9-11)14(16)10-5-3-2-4-6-10;14-13(11-7-3-1-4-8-11)12-9-5-2-6-10-12/h2-9,15H,1H3;1-10H. The molecule has 0 bridgehead atoms. The number of phenolic OH excluding ortho intramolecular Hbond substituents is 1. The molecule has 0 saturated carbocycles. The lowest BCUT2D eigenvalue weighted by Gasteiger charge is -2.06. The first kappa shape index (κ1) is 21.5. The SMILES string of the molecule is COc1ccc(C(=O)c2ccccc2)c(O)c1.O=C(c1ccccc1)c1ccccc1. The zero-order chi connectivity index (χ0) is 22.1. The van der Waals surface area contributed by atoms with E-state index in [0.717, 1.165) is 11.1 Å². The number of rotatable bonds is 5. The molecule has 0 spiro atoms.